The first kappa shape index (κ1) is 26.2. The van der Waals surface area contributed by atoms with E-state index in [4.69, 9.17) is 37.4 Å². The number of ether oxygens (including phenoxy) is 3. The summed E-state index contributed by atoms with van der Waals surface area (Å²) in [4.78, 5) is 9.18. The molecule has 4 rings (SSSR count). The van der Waals surface area contributed by atoms with Crippen LogP contribution in [0.4, 0.5) is 17.2 Å². The number of hydrogen-bond acceptors (Lipinski definition) is 7. The normalized spacial score (nSPS) is 14.0. The van der Waals surface area contributed by atoms with Gasteiger partial charge in [-0.05, 0) is 49.4 Å². The van der Waals surface area contributed by atoms with Gasteiger partial charge in [0.05, 0.1) is 36.1 Å². The van der Waals surface area contributed by atoms with Crippen molar-refractivity contribution in [3.05, 3.63) is 63.8 Å². The van der Waals surface area contributed by atoms with Gasteiger partial charge in [0, 0.05) is 43.5 Å². The number of benzene rings is 2. The first-order chi connectivity index (χ1) is 17.4. The molecule has 2 aromatic carbocycles. The SMILES string of the molecule is CCc1cc(OC)c(Cl)c(COc2ccc(Nc3ccc(N4CCN(C)CC4)c(OC)c3)nc2)c1Cl. The molecule has 2 heterocycles. The van der Waals surface area contributed by atoms with Gasteiger partial charge < -0.3 is 29.3 Å². The van der Waals surface area contributed by atoms with Crippen molar-refractivity contribution in [1.82, 2.24) is 9.88 Å². The highest BCUT2D eigenvalue weighted by molar-refractivity contribution is 6.37. The smallest absolute Gasteiger partial charge is 0.144 e. The number of likely N-dealkylation sites (N-methyl/N-ethyl adjacent to an activating group) is 1. The number of methoxy groups -OCH3 is 2. The first-order valence-electron chi connectivity index (χ1n) is 11.9. The van der Waals surface area contributed by atoms with Crippen LogP contribution in [-0.4, -0.2) is 57.3 Å². The van der Waals surface area contributed by atoms with Crippen molar-refractivity contribution >= 4 is 40.4 Å². The lowest BCUT2D eigenvalue weighted by Gasteiger charge is -2.34. The van der Waals surface area contributed by atoms with Gasteiger partial charge in [-0.1, -0.05) is 30.1 Å². The summed E-state index contributed by atoms with van der Waals surface area (Å²) >= 11 is 13.0. The summed E-state index contributed by atoms with van der Waals surface area (Å²) in [6.45, 7) is 6.28. The van der Waals surface area contributed by atoms with Crippen LogP contribution in [0.3, 0.4) is 0 Å². The number of hydrogen-bond donors (Lipinski definition) is 1. The molecule has 9 heteroatoms. The van der Waals surface area contributed by atoms with Crippen molar-refractivity contribution in [2.45, 2.75) is 20.0 Å². The molecule has 0 saturated carbocycles. The summed E-state index contributed by atoms with van der Waals surface area (Å²) in [5.74, 6) is 2.73. The average Bonchev–Trinajstić information content (AvgIpc) is 2.90. The van der Waals surface area contributed by atoms with Gasteiger partial charge >= 0.3 is 0 Å². The van der Waals surface area contributed by atoms with E-state index in [1.165, 1.54) is 0 Å². The van der Waals surface area contributed by atoms with E-state index in [0.29, 0.717) is 32.9 Å². The molecule has 36 heavy (non-hydrogen) atoms. The molecule has 0 unspecified atom stereocenters. The second-order valence-electron chi connectivity index (χ2n) is 8.67. The molecular formula is C27H32Cl2N4O3. The summed E-state index contributed by atoms with van der Waals surface area (Å²) in [6.07, 6.45) is 2.43. The zero-order valence-electron chi connectivity index (χ0n) is 21.1. The number of piperazine rings is 1. The molecule has 0 amide bonds. The molecule has 0 aliphatic carbocycles. The highest BCUT2D eigenvalue weighted by Gasteiger charge is 2.18. The molecule has 1 aliphatic rings. The van der Waals surface area contributed by atoms with Crippen LogP contribution in [0, 0.1) is 0 Å². The minimum Gasteiger partial charge on any atom is -0.495 e. The first-order valence-corrected chi connectivity index (χ1v) is 12.7. The van der Waals surface area contributed by atoms with Crippen LogP contribution in [-0.2, 0) is 13.0 Å². The Hall–Kier alpha value is -2.87. The van der Waals surface area contributed by atoms with Gasteiger partial charge in [-0.25, -0.2) is 4.98 Å². The number of aromatic nitrogens is 1. The van der Waals surface area contributed by atoms with E-state index < -0.39 is 0 Å². The van der Waals surface area contributed by atoms with Crippen molar-refractivity contribution in [3.63, 3.8) is 0 Å². The molecule has 1 saturated heterocycles. The van der Waals surface area contributed by atoms with Crippen LogP contribution in [0.1, 0.15) is 18.1 Å². The molecule has 7 nitrogen and oxygen atoms in total. The highest BCUT2D eigenvalue weighted by atomic mass is 35.5. The van der Waals surface area contributed by atoms with E-state index in [1.54, 1.807) is 20.4 Å². The minimum atomic E-state index is 0.210. The van der Waals surface area contributed by atoms with Crippen LogP contribution < -0.4 is 24.4 Å². The Morgan fingerprint density at radius 2 is 1.69 bits per heavy atom. The maximum Gasteiger partial charge on any atom is 0.144 e. The van der Waals surface area contributed by atoms with E-state index >= 15 is 0 Å². The number of anilines is 3. The molecule has 0 radical (unpaired) electrons. The summed E-state index contributed by atoms with van der Waals surface area (Å²) in [5, 5.41) is 4.39. The molecule has 0 spiro atoms. The van der Waals surface area contributed by atoms with E-state index in [2.05, 4.69) is 33.2 Å². The Morgan fingerprint density at radius 1 is 0.944 bits per heavy atom. The monoisotopic (exact) mass is 530 g/mol. The lowest BCUT2D eigenvalue weighted by molar-refractivity contribution is 0.304. The number of halogens is 2. The molecule has 0 atom stereocenters. The van der Waals surface area contributed by atoms with Gasteiger partial charge in [-0.15, -0.1) is 0 Å². The van der Waals surface area contributed by atoms with Gasteiger partial charge in [0.1, 0.15) is 29.7 Å². The Kier molecular flexibility index (Phi) is 8.67. The van der Waals surface area contributed by atoms with Crippen molar-refractivity contribution in [3.8, 4) is 17.2 Å². The number of nitrogens with one attached hydrogen (secondary N) is 1. The molecule has 1 N–H and O–H groups in total. The van der Waals surface area contributed by atoms with Crippen LogP contribution in [0.15, 0.2) is 42.6 Å². The minimum absolute atomic E-state index is 0.210. The van der Waals surface area contributed by atoms with Gasteiger partial charge in [0.25, 0.3) is 0 Å². The summed E-state index contributed by atoms with van der Waals surface area (Å²) in [7, 11) is 5.44. The van der Waals surface area contributed by atoms with Crippen LogP contribution in [0.2, 0.25) is 10.0 Å². The second kappa shape index (κ2) is 11.9. The van der Waals surface area contributed by atoms with Crippen LogP contribution in [0.25, 0.3) is 0 Å². The van der Waals surface area contributed by atoms with E-state index in [9.17, 15) is 0 Å². The second-order valence-corrected chi connectivity index (χ2v) is 9.42. The van der Waals surface area contributed by atoms with Crippen molar-refractivity contribution in [1.29, 1.82) is 0 Å². The maximum absolute atomic E-state index is 6.56. The van der Waals surface area contributed by atoms with E-state index in [-0.39, 0.29) is 6.61 Å². The number of pyridine rings is 1. The van der Waals surface area contributed by atoms with Crippen molar-refractivity contribution in [2.24, 2.45) is 0 Å². The third-order valence-corrected chi connectivity index (χ3v) is 7.24. The molecule has 0 bridgehead atoms. The van der Waals surface area contributed by atoms with Crippen LogP contribution >= 0.6 is 23.2 Å². The van der Waals surface area contributed by atoms with Crippen LogP contribution in [0.5, 0.6) is 17.2 Å². The fraction of sp³-hybridized carbons (Fsp3) is 0.370. The predicted molar refractivity (Wildman–Crippen MR) is 147 cm³/mol. The third kappa shape index (κ3) is 5.91. The molecule has 1 aliphatic heterocycles. The lowest BCUT2D eigenvalue weighted by Crippen LogP contribution is -2.44. The summed E-state index contributed by atoms with van der Waals surface area (Å²) < 4.78 is 17.0. The molecule has 3 aromatic rings. The standard InChI is InChI=1S/C27H32Cl2N4O3/c1-5-18-14-24(35-4)27(29)21(26(18)28)17-36-20-7-9-25(30-16-20)31-19-6-8-22(23(15-19)34-3)33-12-10-32(2)11-13-33/h6-9,14-16H,5,10-13,17H2,1-4H3,(H,30,31). The zero-order chi connectivity index (χ0) is 25.7. The highest BCUT2D eigenvalue weighted by Crippen LogP contribution is 2.37. The van der Waals surface area contributed by atoms with E-state index in [1.807, 2.05) is 37.3 Å². The topological polar surface area (TPSA) is 59.1 Å². The Labute approximate surface area is 222 Å². The van der Waals surface area contributed by atoms with Crippen molar-refractivity contribution < 1.29 is 14.2 Å². The summed E-state index contributed by atoms with van der Waals surface area (Å²) in [5.41, 5.74) is 3.66. The average molecular weight is 531 g/mol. The van der Waals surface area contributed by atoms with Gasteiger partial charge in [0.2, 0.25) is 0 Å². The Bertz CT molecular complexity index is 1150. The Balaban J connectivity index is 1.42. The molecular weight excluding hydrogens is 499 g/mol. The number of aryl methyl sites for hydroxylation is 1. The quantitative estimate of drug-likeness (QED) is 0.361. The maximum atomic E-state index is 6.56. The predicted octanol–water partition coefficient (Wildman–Crippen LogP) is 6.04. The van der Waals surface area contributed by atoms with E-state index in [0.717, 1.165) is 55.3 Å². The molecule has 1 fully saturated rings. The van der Waals surface area contributed by atoms with Gasteiger partial charge in [0.15, 0.2) is 0 Å². The van der Waals surface area contributed by atoms with Gasteiger partial charge in [-0.3, -0.25) is 0 Å². The molecule has 192 valence electrons. The molecule has 1 aromatic heterocycles. The van der Waals surface area contributed by atoms with Gasteiger partial charge in [-0.2, -0.15) is 0 Å². The zero-order valence-corrected chi connectivity index (χ0v) is 22.6. The third-order valence-electron chi connectivity index (χ3n) is 6.35. The Morgan fingerprint density at radius 3 is 2.33 bits per heavy atom. The largest absolute Gasteiger partial charge is 0.495 e. The lowest BCUT2D eigenvalue weighted by atomic mass is 10.1. The van der Waals surface area contributed by atoms with Crippen molar-refractivity contribution in [2.75, 3.05) is 57.7 Å². The fourth-order valence-electron chi connectivity index (χ4n) is 4.16. The number of rotatable bonds is 9. The summed E-state index contributed by atoms with van der Waals surface area (Å²) in [6, 6.07) is 11.7. The fourth-order valence-corrected chi connectivity index (χ4v) is 4.83. The number of nitrogens with zero attached hydrogens (tertiary/aromatic N) is 3.